The van der Waals surface area contributed by atoms with E-state index in [4.69, 9.17) is 0 Å². The highest BCUT2D eigenvalue weighted by Crippen LogP contribution is 2.39. The molecule has 0 atom stereocenters. The fourth-order valence-electron chi connectivity index (χ4n) is 6.38. The summed E-state index contributed by atoms with van der Waals surface area (Å²) >= 11 is 3.78. The molecule has 0 amide bonds. The van der Waals surface area contributed by atoms with E-state index in [1.807, 2.05) is 0 Å². The van der Waals surface area contributed by atoms with E-state index in [9.17, 15) is 0 Å². The second-order valence-electron chi connectivity index (χ2n) is 11.1. The van der Waals surface area contributed by atoms with Crippen LogP contribution in [0.25, 0.3) is 72.0 Å². The Morgan fingerprint density at radius 3 is 1.68 bits per heavy atom. The van der Waals surface area contributed by atoms with Gasteiger partial charge in [0.05, 0.1) is 11.0 Å². The molecule has 1 nitrogen and oxygen atoms in total. The molecule has 0 saturated heterocycles. The molecule has 0 N–H and O–H groups in total. The largest absolute Gasteiger partial charge is 0.309 e. The summed E-state index contributed by atoms with van der Waals surface area (Å²) in [4.78, 5) is 0. The molecule has 8 aromatic rings. The van der Waals surface area contributed by atoms with Gasteiger partial charge in [0, 0.05) is 20.9 Å². The lowest BCUT2D eigenvalue weighted by Crippen LogP contribution is -1.94. The van der Waals surface area contributed by atoms with Crippen molar-refractivity contribution in [3.05, 3.63) is 174 Å². The Labute approximate surface area is 265 Å². The summed E-state index contributed by atoms with van der Waals surface area (Å²) in [6, 6.07) is 61.1. The molecule has 0 bridgehead atoms. The highest BCUT2D eigenvalue weighted by molar-refractivity contribution is 9.10. The maximum Gasteiger partial charge on any atom is 0.0547 e. The molecule has 0 spiro atoms. The Morgan fingerprint density at radius 1 is 0.341 bits per heavy atom. The minimum absolute atomic E-state index is 1.09. The summed E-state index contributed by atoms with van der Waals surface area (Å²) in [5.74, 6) is 0. The lowest BCUT2D eigenvalue weighted by molar-refractivity contribution is 1.18. The zero-order valence-corrected chi connectivity index (χ0v) is 25.6. The number of halogens is 1. The van der Waals surface area contributed by atoms with Gasteiger partial charge in [-0.05, 0) is 80.9 Å². The van der Waals surface area contributed by atoms with Crippen LogP contribution in [0.1, 0.15) is 0 Å². The monoisotopic (exact) mass is 625 g/mol. The van der Waals surface area contributed by atoms with Crippen molar-refractivity contribution in [3.8, 4) is 50.2 Å². The predicted molar refractivity (Wildman–Crippen MR) is 190 cm³/mol. The van der Waals surface area contributed by atoms with Gasteiger partial charge in [0.1, 0.15) is 0 Å². The summed E-state index contributed by atoms with van der Waals surface area (Å²) in [6.45, 7) is 0. The standard InChI is InChI=1S/C42H28BrN/c43-40-19-8-6-17-37(40)36-16-5-4-15-35(36)33-23-26-39-38-18-7-9-20-41(38)44(42(39)28-33)34-24-21-30(22-25-34)32-14-10-13-31(27-32)29-11-2-1-3-12-29/h1-28H. The third kappa shape index (κ3) is 4.65. The first-order chi connectivity index (χ1) is 21.7. The summed E-state index contributed by atoms with van der Waals surface area (Å²) in [5, 5.41) is 2.51. The van der Waals surface area contributed by atoms with Gasteiger partial charge < -0.3 is 4.57 Å². The fourth-order valence-corrected chi connectivity index (χ4v) is 6.88. The number of hydrogen-bond acceptors (Lipinski definition) is 0. The van der Waals surface area contributed by atoms with Crippen LogP contribution in [0.4, 0.5) is 0 Å². The van der Waals surface area contributed by atoms with Crippen LogP contribution in [-0.2, 0) is 0 Å². The van der Waals surface area contributed by atoms with Crippen LogP contribution in [-0.4, -0.2) is 4.57 Å². The van der Waals surface area contributed by atoms with Crippen molar-refractivity contribution in [2.75, 3.05) is 0 Å². The van der Waals surface area contributed by atoms with Gasteiger partial charge in [-0.3, -0.25) is 0 Å². The zero-order chi connectivity index (χ0) is 29.5. The van der Waals surface area contributed by atoms with Crippen LogP contribution >= 0.6 is 15.9 Å². The predicted octanol–water partition coefficient (Wildman–Crippen LogP) is 12.2. The van der Waals surface area contributed by atoms with E-state index < -0.39 is 0 Å². The van der Waals surface area contributed by atoms with Crippen molar-refractivity contribution in [3.63, 3.8) is 0 Å². The van der Waals surface area contributed by atoms with E-state index in [1.54, 1.807) is 0 Å². The molecule has 1 aromatic heterocycles. The van der Waals surface area contributed by atoms with E-state index in [-0.39, 0.29) is 0 Å². The van der Waals surface area contributed by atoms with Crippen LogP contribution in [0.5, 0.6) is 0 Å². The number of nitrogens with zero attached hydrogens (tertiary/aromatic N) is 1. The Hall–Kier alpha value is -5.18. The van der Waals surface area contributed by atoms with Crippen molar-refractivity contribution < 1.29 is 0 Å². The summed E-state index contributed by atoms with van der Waals surface area (Å²) in [5.41, 5.74) is 13.2. The number of para-hydroxylation sites is 1. The van der Waals surface area contributed by atoms with Crippen molar-refractivity contribution in [2.24, 2.45) is 0 Å². The summed E-state index contributed by atoms with van der Waals surface area (Å²) < 4.78 is 3.50. The number of rotatable bonds is 5. The first-order valence-electron chi connectivity index (χ1n) is 14.9. The van der Waals surface area contributed by atoms with Crippen LogP contribution in [0.2, 0.25) is 0 Å². The molecule has 0 saturated carbocycles. The first kappa shape index (κ1) is 26.4. The number of hydrogen-bond donors (Lipinski definition) is 0. The molecule has 1 heterocycles. The van der Waals surface area contributed by atoms with Crippen LogP contribution < -0.4 is 0 Å². The van der Waals surface area contributed by atoms with Gasteiger partial charge in [-0.15, -0.1) is 0 Å². The molecule has 8 rings (SSSR count). The maximum absolute atomic E-state index is 3.78. The molecule has 0 aliphatic carbocycles. The second kappa shape index (κ2) is 11.1. The van der Waals surface area contributed by atoms with Crippen LogP contribution in [0.15, 0.2) is 174 Å². The molecule has 7 aromatic carbocycles. The van der Waals surface area contributed by atoms with Gasteiger partial charge in [-0.1, -0.05) is 149 Å². The van der Waals surface area contributed by atoms with Gasteiger partial charge >= 0.3 is 0 Å². The Morgan fingerprint density at radius 2 is 0.909 bits per heavy atom. The summed E-state index contributed by atoms with van der Waals surface area (Å²) in [7, 11) is 0. The third-order valence-electron chi connectivity index (χ3n) is 8.50. The Balaban J connectivity index is 1.25. The van der Waals surface area contributed by atoms with Crippen LogP contribution in [0.3, 0.4) is 0 Å². The number of fused-ring (bicyclic) bond motifs is 3. The zero-order valence-electron chi connectivity index (χ0n) is 24.0. The Bertz CT molecular complexity index is 2280. The molecule has 0 fully saturated rings. The molecule has 0 aliphatic rings. The minimum atomic E-state index is 1.09. The summed E-state index contributed by atoms with van der Waals surface area (Å²) in [6.07, 6.45) is 0. The van der Waals surface area contributed by atoms with E-state index in [0.29, 0.717) is 0 Å². The highest BCUT2D eigenvalue weighted by Gasteiger charge is 2.15. The molecule has 44 heavy (non-hydrogen) atoms. The smallest absolute Gasteiger partial charge is 0.0547 e. The molecule has 0 aliphatic heterocycles. The van der Waals surface area contributed by atoms with Gasteiger partial charge in [-0.2, -0.15) is 0 Å². The average molecular weight is 627 g/mol. The van der Waals surface area contributed by atoms with Gasteiger partial charge in [0.2, 0.25) is 0 Å². The molecular weight excluding hydrogens is 598 g/mol. The van der Waals surface area contributed by atoms with E-state index in [1.165, 1.54) is 66.3 Å². The van der Waals surface area contributed by atoms with E-state index in [0.717, 1.165) is 10.2 Å². The van der Waals surface area contributed by atoms with Gasteiger partial charge in [0.25, 0.3) is 0 Å². The van der Waals surface area contributed by atoms with Crippen molar-refractivity contribution in [1.29, 1.82) is 0 Å². The lowest BCUT2D eigenvalue weighted by Gasteiger charge is -2.13. The topological polar surface area (TPSA) is 4.93 Å². The normalized spacial score (nSPS) is 11.3. The third-order valence-corrected chi connectivity index (χ3v) is 9.20. The van der Waals surface area contributed by atoms with Crippen molar-refractivity contribution >= 4 is 37.7 Å². The maximum atomic E-state index is 3.78. The van der Waals surface area contributed by atoms with Gasteiger partial charge in [-0.25, -0.2) is 0 Å². The highest BCUT2D eigenvalue weighted by atomic mass is 79.9. The minimum Gasteiger partial charge on any atom is -0.309 e. The van der Waals surface area contributed by atoms with E-state index >= 15 is 0 Å². The van der Waals surface area contributed by atoms with E-state index in [2.05, 4.69) is 190 Å². The number of benzene rings is 7. The molecular formula is C42H28BrN. The van der Waals surface area contributed by atoms with Gasteiger partial charge in [0.15, 0.2) is 0 Å². The molecule has 0 unspecified atom stereocenters. The Kier molecular flexibility index (Phi) is 6.70. The van der Waals surface area contributed by atoms with Crippen LogP contribution in [0, 0.1) is 0 Å². The number of aromatic nitrogens is 1. The van der Waals surface area contributed by atoms with Crippen molar-refractivity contribution in [2.45, 2.75) is 0 Å². The lowest BCUT2D eigenvalue weighted by atomic mass is 9.94. The molecule has 2 heteroatoms. The SMILES string of the molecule is Brc1ccccc1-c1ccccc1-c1ccc2c3ccccc3n(-c3ccc(-c4cccc(-c5ccccc5)c4)cc3)c2c1. The molecule has 208 valence electrons. The molecule has 0 radical (unpaired) electrons. The quantitative estimate of drug-likeness (QED) is 0.179. The fraction of sp³-hybridized carbons (Fsp3) is 0. The second-order valence-corrected chi connectivity index (χ2v) is 12.0. The first-order valence-corrected chi connectivity index (χ1v) is 15.7. The average Bonchev–Trinajstić information content (AvgIpc) is 3.43. The van der Waals surface area contributed by atoms with Crippen molar-refractivity contribution in [1.82, 2.24) is 4.57 Å².